The van der Waals surface area contributed by atoms with E-state index in [2.05, 4.69) is 64.4 Å². The van der Waals surface area contributed by atoms with Gasteiger partial charge in [-0.25, -0.2) is 4.99 Å². The van der Waals surface area contributed by atoms with Gasteiger partial charge >= 0.3 is 0 Å². The predicted octanol–water partition coefficient (Wildman–Crippen LogP) is 5.34. The van der Waals surface area contributed by atoms with Crippen molar-refractivity contribution in [1.29, 1.82) is 0 Å². The van der Waals surface area contributed by atoms with Crippen LogP contribution in [0.3, 0.4) is 0 Å². The Bertz CT molecular complexity index is 768. The average Bonchev–Trinajstić information content (AvgIpc) is 2.77. The van der Waals surface area contributed by atoms with E-state index in [-0.39, 0.29) is 0 Å². The third-order valence-corrected chi connectivity index (χ3v) is 6.78. The molecule has 1 fully saturated rings. The number of fused-ring (bicyclic) bond motifs is 1. The van der Waals surface area contributed by atoms with Gasteiger partial charge in [0, 0.05) is 18.8 Å². The molecule has 4 heteroatoms. The zero-order valence-electron chi connectivity index (χ0n) is 16.7. The summed E-state index contributed by atoms with van der Waals surface area (Å²) in [6, 6.07) is 19.3. The Morgan fingerprint density at radius 3 is 2.43 bits per heavy atom. The van der Waals surface area contributed by atoms with Crippen molar-refractivity contribution in [2.75, 3.05) is 31.9 Å². The smallest absolute Gasteiger partial charge is 0.164 e. The zero-order chi connectivity index (χ0) is 19.0. The normalized spacial score (nSPS) is 18.1. The molecule has 4 rings (SSSR count). The zero-order valence-corrected chi connectivity index (χ0v) is 17.5. The molecule has 0 unspecified atom stereocenters. The molecule has 0 N–H and O–H groups in total. The molecule has 2 aromatic carbocycles. The highest BCUT2D eigenvalue weighted by Gasteiger charge is 2.19. The van der Waals surface area contributed by atoms with Crippen LogP contribution >= 0.6 is 11.8 Å². The maximum absolute atomic E-state index is 5.03. The second kappa shape index (κ2) is 10.1. The second-order valence-corrected chi connectivity index (χ2v) is 8.84. The number of thioether (sulfide) groups is 1. The first-order valence-corrected chi connectivity index (χ1v) is 11.7. The van der Waals surface area contributed by atoms with Gasteiger partial charge in [-0.1, -0.05) is 60.6 Å². The van der Waals surface area contributed by atoms with Crippen molar-refractivity contribution in [3.63, 3.8) is 0 Å². The lowest BCUT2D eigenvalue weighted by Gasteiger charge is -2.31. The summed E-state index contributed by atoms with van der Waals surface area (Å²) in [5.41, 5.74) is 4.00. The van der Waals surface area contributed by atoms with Gasteiger partial charge in [0.25, 0.3) is 0 Å². The van der Waals surface area contributed by atoms with E-state index in [9.17, 15) is 0 Å². The Morgan fingerprint density at radius 2 is 1.61 bits per heavy atom. The SMILES string of the molecule is c1ccc(N=C(SCCCN2CCCCC2)N2CCc3ccccc3C2)cc1. The molecule has 2 aliphatic heterocycles. The van der Waals surface area contributed by atoms with E-state index in [1.54, 1.807) is 0 Å². The number of para-hydroxylation sites is 1. The highest BCUT2D eigenvalue weighted by atomic mass is 32.2. The van der Waals surface area contributed by atoms with E-state index in [1.165, 1.54) is 61.6 Å². The van der Waals surface area contributed by atoms with Crippen LogP contribution in [0.4, 0.5) is 5.69 Å². The highest BCUT2D eigenvalue weighted by molar-refractivity contribution is 8.13. The fourth-order valence-electron chi connectivity index (χ4n) is 4.10. The molecule has 0 atom stereocenters. The van der Waals surface area contributed by atoms with Crippen LogP contribution in [-0.4, -0.2) is 46.9 Å². The number of rotatable bonds is 5. The first kappa shape index (κ1) is 19.5. The first-order chi connectivity index (χ1) is 13.9. The van der Waals surface area contributed by atoms with Gasteiger partial charge in [0.1, 0.15) is 0 Å². The van der Waals surface area contributed by atoms with Crippen LogP contribution in [-0.2, 0) is 13.0 Å². The van der Waals surface area contributed by atoms with Gasteiger partial charge in [0.05, 0.1) is 5.69 Å². The van der Waals surface area contributed by atoms with Crippen LogP contribution in [0.15, 0.2) is 59.6 Å². The number of hydrogen-bond donors (Lipinski definition) is 0. The molecule has 1 saturated heterocycles. The summed E-state index contributed by atoms with van der Waals surface area (Å²) in [5.74, 6) is 1.14. The second-order valence-electron chi connectivity index (χ2n) is 7.77. The van der Waals surface area contributed by atoms with E-state index in [0.717, 1.165) is 31.0 Å². The van der Waals surface area contributed by atoms with Gasteiger partial charge in [-0.2, -0.15) is 0 Å². The minimum Gasteiger partial charge on any atom is -0.347 e. The maximum atomic E-state index is 5.03. The van der Waals surface area contributed by atoms with E-state index in [4.69, 9.17) is 4.99 Å². The summed E-state index contributed by atoms with van der Waals surface area (Å²) in [6.07, 6.45) is 6.51. The topological polar surface area (TPSA) is 18.8 Å². The molecule has 0 spiro atoms. The lowest BCUT2D eigenvalue weighted by atomic mass is 10.0. The molecular weight excluding hydrogens is 362 g/mol. The lowest BCUT2D eigenvalue weighted by Crippen LogP contribution is -2.35. The van der Waals surface area contributed by atoms with Crippen LogP contribution in [0.1, 0.15) is 36.8 Å². The van der Waals surface area contributed by atoms with Gasteiger partial charge in [0.15, 0.2) is 5.17 Å². The summed E-state index contributed by atoms with van der Waals surface area (Å²) >= 11 is 1.94. The molecule has 0 amide bonds. The van der Waals surface area contributed by atoms with Crippen molar-refractivity contribution in [1.82, 2.24) is 9.80 Å². The number of likely N-dealkylation sites (tertiary alicyclic amines) is 1. The quantitative estimate of drug-likeness (QED) is 0.388. The van der Waals surface area contributed by atoms with Gasteiger partial charge < -0.3 is 9.80 Å². The van der Waals surface area contributed by atoms with Crippen LogP contribution in [0.5, 0.6) is 0 Å². The summed E-state index contributed by atoms with van der Waals surface area (Å²) in [4.78, 5) is 10.1. The molecule has 3 nitrogen and oxygen atoms in total. The highest BCUT2D eigenvalue weighted by Crippen LogP contribution is 2.25. The van der Waals surface area contributed by atoms with E-state index < -0.39 is 0 Å². The predicted molar refractivity (Wildman–Crippen MR) is 121 cm³/mol. The number of hydrogen-bond acceptors (Lipinski definition) is 3. The minimum atomic E-state index is 0.973. The monoisotopic (exact) mass is 393 g/mol. The van der Waals surface area contributed by atoms with Crippen molar-refractivity contribution in [3.05, 3.63) is 65.7 Å². The fourth-order valence-corrected chi connectivity index (χ4v) is 5.07. The Balaban J connectivity index is 1.40. The first-order valence-electron chi connectivity index (χ1n) is 10.7. The number of benzene rings is 2. The van der Waals surface area contributed by atoms with Gasteiger partial charge in [0.2, 0.25) is 0 Å². The van der Waals surface area contributed by atoms with Crippen molar-refractivity contribution >= 4 is 22.6 Å². The molecule has 148 valence electrons. The van der Waals surface area contributed by atoms with Crippen LogP contribution in [0, 0.1) is 0 Å². The van der Waals surface area contributed by atoms with E-state index in [0.29, 0.717) is 0 Å². The van der Waals surface area contributed by atoms with E-state index >= 15 is 0 Å². The molecule has 28 heavy (non-hydrogen) atoms. The van der Waals surface area contributed by atoms with Gasteiger partial charge in [-0.15, -0.1) is 0 Å². The molecule has 0 saturated carbocycles. The largest absolute Gasteiger partial charge is 0.347 e. The third kappa shape index (κ3) is 5.39. The number of aliphatic imine (C=N–C) groups is 1. The Labute approximate surface area is 173 Å². The Morgan fingerprint density at radius 1 is 0.857 bits per heavy atom. The molecule has 0 aliphatic carbocycles. The minimum absolute atomic E-state index is 0.973. The van der Waals surface area contributed by atoms with Crippen molar-refractivity contribution in [2.45, 2.75) is 38.6 Å². The van der Waals surface area contributed by atoms with Crippen molar-refractivity contribution in [2.24, 2.45) is 4.99 Å². The molecule has 0 radical (unpaired) electrons. The number of piperidine rings is 1. The van der Waals surface area contributed by atoms with Gasteiger partial charge in [-0.05, 0) is 68.6 Å². The molecule has 0 aromatic heterocycles. The summed E-state index contributed by atoms with van der Waals surface area (Å²) in [7, 11) is 0. The standard InChI is InChI=1S/C24H31N3S/c1-3-12-23(13-4-1)25-24(28-19-9-17-26-15-7-2-8-16-26)27-18-14-21-10-5-6-11-22(21)20-27/h1,3-6,10-13H,2,7-9,14-20H2. The summed E-state index contributed by atoms with van der Waals surface area (Å²) in [6.45, 7) is 5.84. The molecule has 2 aliphatic rings. The number of amidine groups is 1. The number of nitrogens with zero attached hydrogens (tertiary/aromatic N) is 3. The summed E-state index contributed by atoms with van der Waals surface area (Å²) in [5, 5.41) is 1.18. The lowest BCUT2D eigenvalue weighted by molar-refractivity contribution is 0.230. The summed E-state index contributed by atoms with van der Waals surface area (Å²) < 4.78 is 0. The van der Waals surface area contributed by atoms with E-state index in [1.807, 2.05) is 11.8 Å². The average molecular weight is 394 g/mol. The van der Waals surface area contributed by atoms with Crippen LogP contribution in [0.2, 0.25) is 0 Å². The maximum Gasteiger partial charge on any atom is 0.164 e. The Kier molecular flexibility index (Phi) is 7.07. The van der Waals surface area contributed by atoms with Crippen molar-refractivity contribution < 1.29 is 0 Å². The molecular formula is C24H31N3S. The van der Waals surface area contributed by atoms with Crippen molar-refractivity contribution in [3.8, 4) is 0 Å². The fraction of sp³-hybridized carbons (Fsp3) is 0.458. The van der Waals surface area contributed by atoms with Gasteiger partial charge in [-0.3, -0.25) is 0 Å². The van der Waals surface area contributed by atoms with Crippen LogP contribution in [0.25, 0.3) is 0 Å². The molecule has 0 bridgehead atoms. The van der Waals surface area contributed by atoms with Crippen LogP contribution < -0.4 is 0 Å². The molecule has 2 aromatic rings. The Hall–Kier alpha value is -1.78. The third-order valence-electron chi connectivity index (χ3n) is 5.68. The molecule has 2 heterocycles.